The second kappa shape index (κ2) is 6.54. The molecule has 2 heterocycles. The quantitative estimate of drug-likeness (QED) is 0.645. The molecule has 0 atom stereocenters. The molecule has 100 valence electrons. The number of thiophene rings is 1. The van der Waals surface area contributed by atoms with Crippen LogP contribution >= 0.6 is 23.1 Å². The average molecular weight is 300 g/mol. The van der Waals surface area contributed by atoms with Gasteiger partial charge >= 0.3 is 0 Å². The van der Waals surface area contributed by atoms with Gasteiger partial charge in [-0.15, -0.1) is 21.5 Å². The van der Waals surface area contributed by atoms with E-state index in [1.807, 2.05) is 35.7 Å². The average Bonchev–Trinajstić information content (AvgIpc) is 3.15. The van der Waals surface area contributed by atoms with Crippen molar-refractivity contribution >= 4 is 29.2 Å². The summed E-state index contributed by atoms with van der Waals surface area (Å²) in [6.45, 7) is 0. The zero-order valence-electron chi connectivity index (χ0n) is 10.6. The molecule has 5 heteroatoms. The van der Waals surface area contributed by atoms with E-state index < -0.39 is 0 Å². The fourth-order valence-electron chi connectivity index (χ4n) is 1.64. The summed E-state index contributed by atoms with van der Waals surface area (Å²) in [7, 11) is 0. The Hall–Kier alpha value is -1.85. The number of aromatic nitrogens is 2. The molecule has 0 unspecified atom stereocenters. The minimum absolute atomic E-state index is 0.592. The maximum atomic E-state index is 5.60. The minimum Gasteiger partial charge on any atom is -0.410 e. The molecule has 0 saturated heterocycles. The van der Waals surface area contributed by atoms with Gasteiger partial charge in [0.2, 0.25) is 0 Å². The van der Waals surface area contributed by atoms with E-state index in [1.54, 1.807) is 11.3 Å². The van der Waals surface area contributed by atoms with Crippen LogP contribution in [0.5, 0.6) is 0 Å². The van der Waals surface area contributed by atoms with Crippen LogP contribution in [0.25, 0.3) is 16.8 Å². The molecule has 2 aromatic heterocycles. The molecule has 3 nitrogen and oxygen atoms in total. The summed E-state index contributed by atoms with van der Waals surface area (Å²) in [4.78, 5) is 1.00. The minimum atomic E-state index is 0.592. The molecule has 0 fully saturated rings. The predicted octanol–water partition coefficient (Wildman–Crippen LogP) is 4.60. The van der Waals surface area contributed by atoms with Gasteiger partial charge in [0.25, 0.3) is 11.1 Å². The molecular weight excluding hydrogens is 288 g/mol. The monoisotopic (exact) mass is 300 g/mol. The van der Waals surface area contributed by atoms with Crippen LogP contribution in [-0.4, -0.2) is 16.0 Å². The molecule has 0 spiro atoms. The number of thioether (sulfide) groups is 1. The number of hydrogen-bond donors (Lipinski definition) is 0. The van der Waals surface area contributed by atoms with Crippen LogP contribution in [0.15, 0.2) is 63.6 Å². The Balaban J connectivity index is 1.56. The number of hydrogen-bond acceptors (Lipinski definition) is 5. The van der Waals surface area contributed by atoms with E-state index in [-0.39, 0.29) is 0 Å². The summed E-state index contributed by atoms with van der Waals surface area (Å²) < 4.78 is 5.60. The normalized spacial score (nSPS) is 11.2. The molecule has 20 heavy (non-hydrogen) atoms. The molecule has 0 N–H and O–H groups in total. The van der Waals surface area contributed by atoms with Crippen LogP contribution in [0.2, 0.25) is 0 Å². The van der Waals surface area contributed by atoms with Gasteiger partial charge in [0.1, 0.15) is 0 Å². The van der Waals surface area contributed by atoms with Crippen molar-refractivity contribution in [2.24, 2.45) is 0 Å². The molecule has 0 aliphatic carbocycles. The van der Waals surface area contributed by atoms with Gasteiger partial charge in [-0.25, -0.2) is 0 Å². The second-order valence-electron chi connectivity index (χ2n) is 3.97. The lowest BCUT2D eigenvalue weighted by Crippen LogP contribution is -1.75. The highest BCUT2D eigenvalue weighted by molar-refractivity contribution is 7.99. The lowest BCUT2D eigenvalue weighted by molar-refractivity contribution is 0.467. The van der Waals surface area contributed by atoms with E-state index in [0.717, 1.165) is 10.6 Å². The summed E-state index contributed by atoms with van der Waals surface area (Å²) in [6.07, 6.45) is 4.18. The molecular formula is C15H12N2OS2. The van der Waals surface area contributed by atoms with Crippen molar-refractivity contribution in [2.45, 2.75) is 5.22 Å². The van der Waals surface area contributed by atoms with Gasteiger partial charge in [0.05, 0.1) is 4.88 Å². The van der Waals surface area contributed by atoms with E-state index in [4.69, 9.17) is 4.42 Å². The van der Waals surface area contributed by atoms with Crippen LogP contribution < -0.4 is 0 Å². The third-order valence-corrected chi connectivity index (χ3v) is 4.18. The number of benzene rings is 1. The molecule has 0 aliphatic rings. The third kappa shape index (κ3) is 3.37. The summed E-state index contributed by atoms with van der Waals surface area (Å²) in [6, 6.07) is 14.2. The second-order valence-corrected chi connectivity index (χ2v) is 5.89. The standard InChI is InChI=1S/C15H12N2OS2/c1-2-6-12(7-3-1)8-4-11-20-15-17-16-14(18-15)13-9-5-10-19-13/h1-10H,11H2. The topological polar surface area (TPSA) is 38.9 Å². The molecule has 3 aromatic rings. The first-order chi connectivity index (χ1) is 9.92. The first-order valence-electron chi connectivity index (χ1n) is 6.13. The van der Waals surface area contributed by atoms with Gasteiger partial charge in [0.15, 0.2) is 0 Å². The fraction of sp³-hybridized carbons (Fsp3) is 0.0667. The lowest BCUT2D eigenvalue weighted by atomic mass is 10.2. The van der Waals surface area contributed by atoms with Crippen molar-refractivity contribution in [1.29, 1.82) is 0 Å². The molecule has 1 aromatic carbocycles. The maximum absolute atomic E-state index is 5.60. The molecule has 0 amide bonds. The summed E-state index contributed by atoms with van der Waals surface area (Å²) in [5, 5.41) is 10.7. The van der Waals surface area contributed by atoms with E-state index >= 15 is 0 Å². The maximum Gasteiger partial charge on any atom is 0.277 e. The largest absolute Gasteiger partial charge is 0.410 e. The van der Waals surface area contributed by atoms with E-state index in [9.17, 15) is 0 Å². The van der Waals surface area contributed by atoms with Crippen molar-refractivity contribution in [3.05, 3.63) is 59.5 Å². The van der Waals surface area contributed by atoms with Crippen LogP contribution in [-0.2, 0) is 0 Å². The van der Waals surface area contributed by atoms with Crippen molar-refractivity contribution in [1.82, 2.24) is 10.2 Å². The smallest absolute Gasteiger partial charge is 0.277 e. The zero-order chi connectivity index (χ0) is 13.6. The highest BCUT2D eigenvalue weighted by Crippen LogP contribution is 2.26. The lowest BCUT2D eigenvalue weighted by Gasteiger charge is -1.91. The molecule has 0 radical (unpaired) electrons. The van der Waals surface area contributed by atoms with Crippen LogP contribution in [0.3, 0.4) is 0 Å². The van der Waals surface area contributed by atoms with Gasteiger partial charge in [0, 0.05) is 5.75 Å². The SMILES string of the molecule is C(=Cc1ccccc1)CSc1nnc(-c2cccs2)o1. The number of rotatable bonds is 5. The highest BCUT2D eigenvalue weighted by Gasteiger charge is 2.08. The van der Waals surface area contributed by atoms with E-state index in [2.05, 4.69) is 34.5 Å². The Bertz CT molecular complexity index is 675. The molecule has 0 bridgehead atoms. The fourth-order valence-corrected chi connectivity index (χ4v) is 2.85. The van der Waals surface area contributed by atoms with Gasteiger partial charge in [-0.3, -0.25) is 0 Å². The first-order valence-corrected chi connectivity index (χ1v) is 8.00. The Morgan fingerprint density at radius 3 is 2.80 bits per heavy atom. The molecule has 3 rings (SSSR count). The van der Waals surface area contributed by atoms with Crippen molar-refractivity contribution < 1.29 is 4.42 Å². The predicted molar refractivity (Wildman–Crippen MR) is 83.8 cm³/mol. The molecule has 0 aliphatic heterocycles. The summed E-state index contributed by atoms with van der Waals surface area (Å²) >= 11 is 3.13. The Morgan fingerprint density at radius 1 is 1.10 bits per heavy atom. The van der Waals surface area contributed by atoms with E-state index in [0.29, 0.717) is 11.1 Å². The summed E-state index contributed by atoms with van der Waals surface area (Å²) in [5.74, 6) is 1.40. The first kappa shape index (κ1) is 13.1. The van der Waals surface area contributed by atoms with Crippen LogP contribution in [0, 0.1) is 0 Å². The van der Waals surface area contributed by atoms with Gasteiger partial charge in [-0.1, -0.05) is 60.3 Å². The van der Waals surface area contributed by atoms with Gasteiger partial charge in [-0.2, -0.15) is 0 Å². The number of nitrogens with zero attached hydrogens (tertiary/aromatic N) is 2. The van der Waals surface area contributed by atoms with Crippen LogP contribution in [0.4, 0.5) is 0 Å². The summed E-state index contributed by atoms with van der Waals surface area (Å²) in [5.41, 5.74) is 1.19. The highest BCUT2D eigenvalue weighted by atomic mass is 32.2. The Morgan fingerprint density at radius 2 is 2.00 bits per heavy atom. The Labute approximate surface area is 125 Å². The van der Waals surface area contributed by atoms with Crippen molar-refractivity contribution in [2.75, 3.05) is 5.75 Å². The molecule has 0 saturated carbocycles. The van der Waals surface area contributed by atoms with Crippen molar-refractivity contribution in [3.8, 4) is 10.8 Å². The van der Waals surface area contributed by atoms with Gasteiger partial charge < -0.3 is 4.42 Å². The third-order valence-electron chi connectivity index (χ3n) is 2.55. The Kier molecular flexibility index (Phi) is 4.30. The zero-order valence-corrected chi connectivity index (χ0v) is 12.2. The van der Waals surface area contributed by atoms with E-state index in [1.165, 1.54) is 17.3 Å². The van der Waals surface area contributed by atoms with Crippen molar-refractivity contribution in [3.63, 3.8) is 0 Å². The van der Waals surface area contributed by atoms with Crippen LogP contribution in [0.1, 0.15) is 5.56 Å². The van der Waals surface area contributed by atoms with Gasteiger partial charge in [-0.05, 0) is 17.0 Å².